The molecule has 0 spiro atoms. The number of esters is 1. The van der Waals surface area contributed by atoms with Crippen LogP contribution in [0, 0.1) is 0 Å². The molecule has 1 N–H and O–H groups in total. The molecule has 10 heteroatoms. The summed E-state index contributed by atoms with van der Waals surface area (Å²) in [4.78, 5) is 34.9. The Morgan fingerprint density at radius 2 is 1.70 bits per heavy atom. The van der Waals surface area contributed by atoms with Gasteiger partial charge in [-0.05, 0) is 38.0 Å². The van der Waals surface area contributed by atoms with Gasteiger partial charge in [0, 0.05) is 6.04 Å². The van der Waals surface area contributed by atoms with Crippen molar-refractivity contribution in [2.24, 2.45) is 0 Å². The first-order valence-corrected chi connectivity index (χ1v) is 7.89. The number of alkyl halides is 3. The number of ketones is 1. The fraction of sp³-hybridized carbons (Fsp3) is 0.471. The third-order valence-electron chi connectivity index (χ3n) is 3.47. The zero-order valence-electron chi connectivity index (χ0n) is 15.2. The van der Waals surface area contributed by atoms with Crippen molar-refractivity contribution in [3.8, 4) is 11.5 Å². The molecule has 27 heavy (non-hydrogen) atoms. The van der Waals surface area contributed by atoms with E-state index in [0.717, 1.165) is 0 Å². The Balaban J connectivity index is 3.14. The molecule has 7 nitrogen and oxygen atoms in total. The number of halogens is 3. The topological polar surface area (TPSA) is 90.9 Å². The molecule has 0 aliphatic rings. The van der Waals surface area contributed by atoms with Gasteiger partial charge in [0.05, 0.1) is 26.4 Å². The predicted octanol–water partition coefficient (Wildman–Crippen LogP) is 2.06. The summed E-state index contributed by atoms with van der Waals surface area (Å²) in [5, 5.41) is 1.83. The summed E-state index contributed by atoms with van der Waals surface area (Å²) >= 11 is 0. The average molecular weight is 391 g/mol. The second-order valence-corrected chi connectivity index (χ2v) is 5.49. The Hall–Kier alpha value is -2.78. The Bertz CT molecular complexity index is 717. The minimum Gasteiger partial charge on any atom is -0.496 e. The quantitative estimate of drug-likeness (QED) is 0.414. The van der Waals surface area contributed by atoms with Crippen molar-refractivity contribution in [1.82, 2.24) is 5.32 Å². The summed E-state index contributed by atoms with van der Waals surface area (Å²) in [6.45, 7) is 2.94. The van der Waals surface area contributed by atoms with E-state index in [4.69, 9.17) is 9.47 Å². The van der Waals surface area contributed by atoms with Crippen LogP contribution in [0.25, 0.3) is 0 Å². The maximum absolute atomic E-state index is 12.4. The third kappa shape index (κ3) is 5.87. The molecule has 1 aromatic rings. The number of hydrogen-bond donors (Lipinski definition) is 1. The van der Waals surface area contributed by atoms with Gasteiger partial charge in [0.1, 0.15) is 11.5 Å². The molecular weight excluding hydrogens is 371 g/mol. The lowest BCUT2D eigenvalue weighted by molar-refractivity contribution is -0.174. The zero-order chi connectivity index (χ0) is 20.8. The number of hydrogen-bond acceptors (Lipinski definition) is 6. The summed E-state index contributed by atoms with van der Waals surface area (Å²) < 4.78 is 52.0. The van der Waals surface area contributed by atoms with Crippen LogP contribution in [0.4, 0.5) is 13.2 Å². The fourth-order valence-corrected chi connectivity index (χ4v) is 2.29. The van der Waals surface area contributed by atoms with Gasteiger partial charge in [0.25, 0.3) is 5.78 Å². The highest BCUT2D eigenvalue weighted by Gasteiger charge is 2.39. The Morgan fingerprint density at radius 1 is 1.11 bits per heavy atom. The SMILES string of the molecule is CCOC(=O)C(=O)c1cc(OC)c(CC(C)NC(=O)C(F)(F)F)cc1OC. The third-order valence-corrected chi connectivity index (χ3v) is 3.47. The van der Waals surface area contributed by atoms with Crippen LogP contribution in [0.5, 0.6) is 11.5 Å². The van der Waals surface area contributed by atoms with Crippen molar-refractivity contribution in [2.45, 2.75) is 32.5 Å². The van der Waals surface area contributed by atoms with Crippen LogP contribution >= 0.6 is 0 Å². The van der Waals surface area contributed by atoms with Crippen LogP contribution < -0.4 is 14.8 Å². The first-order chi connectivity index (χ1) is 12.5. The van der Waals surface area contributed by atoms with E-state index in [1.807, 2.05) is 5.32 Å². The largest absolute Gasteiger partial charge is 0.496 e. The molecule has 0 aliphatic carbocycles. The fourth-order valence-electron chi connectivity index (χ4n) is 2.29. The molecule has 0 heterocycles. The molecule has 0 radical (unpaired) electrons. The minimum atomic E-state index is -4.99. The van der Waals surface area contributed by atoms with Gasteiger partial charge in [0.15, 0.2) is 0 Å². The monoisotopic (exact) mass is 391 g/mol. The van der Waals surface area contributed by atoms with Crippen LogP contribution in [0.3, 0.4) is 0 Å². The molecule has 1 unspecified atom stereocenters. The highest BCUT2D eigenvalue weighted by atomic mass is 19.4. The highest BCUT2D eigenvalue weighted by molar-refractivity contribution is 6.41. The first kappa shape index (κ1) is 22.3. The second kappa shape index (κ2) is 9.24. The average Bonchev–Trinajstić information content (AvgIpc) is 2.59. The molecular formula is C17H20F3NO6. The maximum atomic E-state index is 12.4. The van der Waals surface area contributed by atoms with Crippen molar-refractivity contribution in [3.05, 3.63) is 23.3 Å². The molecule has 1 amide bonds. The second-order valence-electron chi connectivity index (χ2n) is 5.49. The summed E-state index contributed by atoms with van der Waals surface area (Å²) in [6, 6.07) is 1.72. The number of ether oxygens (including phenoxy) is 3. The number of amides is 1. The number of Topliss-reactive ketones (excluding diaryl/α,β-unsaturated/α-hetero) is 1. The van der Waals surface area contributed by atoms with Crippen LogP contribution in [0.1, 0.15) is 29.8 Å². The summed E-state index contributed by atoms with van der Waals surface area (Å²) in [6.07, 6.45) is -5.03. The molecule has 0 aliphatic heterocycles. The van der Waals surface area contributed by atoms with Gasteiger partial charge >= 0.3 is 18.1 Å². The van der Waals surface area contributed by atoms with E-state index in [-0.39, 0.29) is 30.1 Å². The smallest absolute Gasteiger partial charge is 0.471 e. The molecule has 0 aromatic heterocycles. The van der Waals surface area contributed by atoms with Gasteiger partial charge < -0.3 is 19.5 Å². The minimum absolute atomic E-state index is 0.0124. The summed E-state index contributed by atoms with van der Waals surface area (Å²) in [5.74, 6) is -3.90. The van der Waals surface area contributed by atoms with Crippen LogP contribution in [-0.4, -0.2) is 50.7 Å². The molecule has 1 aromatic carbocycles. The van der Waals surface area contributed by atoms with E-state index in [1.165, 1.54) is 33.3 Å². The number of carbonyl (C=O) groups excluding carboxylic acids is 3. The Labute approximate surface area is 153 Å². The lowest BCUT2D eigenvalue weighted by Gasteiger charge is -2.18. The van der Waals surface area contributed by atoms with Gasteiger partial charge in [-0.1, -0.05) is 0 Å². The summed E-state index contributed by atoms with van der Waals surface area (Å²) in [7, 11) is 2.56. The highest BCUT2D eigenvalue weighted by Crippen LogP contribution is 2.30. The Morgan fingerprint density at radius 3 is 2.19 bits per heavy atom. The number of carbonyl (C=O) groups is 3. The van der Waals surface area contributed by atoms with Crippen molar-refractivity contribution >= 4 is 17.7 Å². The van der Waals surface area contributed by atoms with Gasteiger partial charge in [-0.2, -0.15) is 13.2 Å². The van der Waals surface area contributed by atoms with E-state index in [2.05, 4.69) is 4.74 Å². The number of benzene rings is 1. The van der Waals surface area contributed by atoms with Gasteiger partial charge in [-0.15, -0.1) is 0 Å². The van der Waals surface area contributed by atoms with Gasteiger partial charge in [-0.25, -0.2) is 4.79 Å². The van der Waals surface area contributed by atoms with E-state index < -0.39 is 29.9 Å². The van der Waals surface area contributed by atoms with Crippen molar-refractivity contribution < 1.29 is 41.8 Å². The number of rotatable bonds is 8. The van der Waals surface area contributed by atoms with Crippen LogP contribution in [0.2, 0.25) is 0 Å². The lowest BCUT2D eigenvalue weighted by atomic mass is 10.0. The molecule has 0 saturated heterocycles. The lowest BCUT2D eigenvalue weighted by Crippen LogP contribution is -2.42. The molecule has 0 saturated carbocycles. The van der Waals surface area contributed by atoms with E-state index in [1.54, 1.807) is 6.92 Å². The van der Waals surface area contributed by atoms with Crippen molar-refractivity contribution in [2.75, 3.05) is 20.8 Å². The van der Waals surface area contributed by atoms with Crippen LogP contribution in [-0.2, 0) is 20.7 Å². The first-order valence-electron chi connectivity index (χ1n) is 7.89. The standard InChI is InChI=1S/C17H20F3NO6/c1-5-27-15(23)14(22)11-8-12(25-3)10(7-13(11)26-4)6-9(2)21-16(24)17(18,19)20/h7-9H,5-6H2,1-4H3,(H,21,24). The molecule has 0 fully saturated rings. The predicted molar refractivity (Wildman–Crippen MR) is 87.9 cm³/mol. The van der Waals surface area contributed by atoms with Gasteiger partial charge in [-0.3, -0.25) is 9.59 Å². The van der Waals surface area contributed by atoms with Crippen molar-refractivity contribution in [3.63, 3.8) is 0 Å². The van der Waals surface area contributed by atoms with Crippen molar-refractivity contribution in [1.29, 1.82) is 0 Å². The normalized spacial score (nSPS) is 12.1. The van der Waals surface area contributed by atoms with Gasteiger partial charge in [0.2, 0.25) is 0 Å². The van der Waals surface area contributed by atoms with E-state index >= 15 is 0 Å². The van der Waals surface area contributed by atoms with Crippen LogP contribution in [0.15, 0.2) is 12.1 Å². The molecule has 1 atom stereocenters. The van der Waals surface area contributed by atoms with E-state index in [0.29, 0.717) is 5.56 Å². The van der Waals surface area contributed by atoms with E-state index in [9.17, 15) is 27.6 Å². The Kier molecular flexibility index (Phi) is 7.62. The number of nitrogens with one attached hydrogen (secondary N) is 1. The summed E-state index contributed by atoms with van der Waals surface area (Å²) in [5.41, 5.74) is 0.272. The zero-order valence-corrected chi connectivity index (χ0v) is 15.2. The molecule has 0 bridgehead atoms. The molecule has 150 valence electrons. The molecule has 1 rings (SSSR count). The number of methoxy groups -OCH3 is 2. The maximum Gasteiger partial charge on any atom is 0.471 e.